The van der Waals surface area contributed by atoms with E-state index in [0.717, 1.165) is 0 Å². The van der Waals surface area contributed by atoms with Crippen molar-refractivity contribution < 1.29 is 13.5 Å². The smallest absolute Gasteiger partial charge is 0.166 e. The SMILES string of the molecule is COc1ccc(-c2ccc(C)c(F)c2F)c(CN)c1. The van der Waals surface area contributed by atoms with Gasteiger partial charge in [-0.25, -0.2) is 8.78 Å². The third-order valence-electron chi connectivity index (χ3n) is 3.10. The minimum absolute atomic E-state index is 0.214. The topological polar surface area (TPSA) is 35.2 Å². The predicted molar refractivity (Wildman–Crippen MR) is 71.0 cm³/mol. The Bertz CT molecular complexity index is 611. The number of methoxy groups -OCH3 is 1. The van der Waals surface area contributed by atoms with Crippen LogP contribution in [0.1, 0.15) is 11.1 Å². The molecular weight excluding hydrogens is 248 g/mol. The number of ether oxygens (including phenoxy) is 1. The lowest BCUT2D eigenvalue weighted by Crippen LogP contribution is -2.02. The van der Waals surface area contributed by atoms with Crippen LogP contribution in [0.15, 0.2) is 30.3 Å². The van der Waals surface area contributed by atoms with E-state index in [0.29, 0.717) is 16.9 Å². The first kappa shape index (κ1) is 13.5. The van der Waals surface area contributed by atoms with Crippen LogP contribution in [0.2, 0.25) is 0 Å². The van der Waals surface area contributed by atoms with Gasteiger partial charge in [0, 0.05) is 12.1 Å². The van der Waals surface area contributed by atoms with Crippen LogP contribution in [0.3, 0.4) is 0 Å². The molecule has 0 aliphatic rings. The van der Waals surface area contributed by atoms with Crippen molar-refractivity contribution in [3.8, 4) is 16.9 Å². The number of rotatable bonds is 3. The molecule has 0 fully saturated rings. The number of halogens is 2. The third-order valence-corrected chi connectivity index (χ3v) is 3.10. The van der Waals surface area contributed by atoms with Crippen LogP contribution in [0, 0.1) is 18.6 Å². The fourth-order valence-electron chi connectivity index (χ4n) is 1.98. The summed E-state index contributed by atoms with van der Waals surface area (Å²) in [5.74, 6) is -1.03. The van der Waals surface area contributed by atoms with Gasteiger partial charge in [-0.15, -0.1) is 0 Å². The van der Waals surface area contributed by atoms with Crippen molar-refractivity contribution in [2.75, 3.05) is 7.11 Å². The van der Waals surface area contributed by atoms with Gasteiger partial charge >= 0.3 is 0 Å². The van der Waals surface area contributed by atoms with Gasteiger partial charge in [-0.3, -0.25) is 0 Å². The van der Waals surface area contributed by atoms with Gasteiger partial charge in [-0.1, -0.05) is 18.2 Å². The molecular formula is C15H15F2NO. The Hall–Kier alpha value is -1.94. The molecule has 0 aliphatic carbocycles. The van der Waals surface area contributed by atoms with Crippen molar-refractivity contribution in [2.45, 2.75) is 13.5 Å². The first-order chi connectivity index (χ1) is 9.08. The molecule has 0 radical (unpaired) electrons. The van der Waals surface area contributed by atoms with Crippen molar-refractivity contribution in [3.63, 3.8) is 0 Å². The summed E-state index contributed by atoms with van der Waals surface area (Å²) >= 11 is 0. The van der Waals surface area contributed by atoms with E-state index in [1.54, 1.807) is 37.4 Å². The largest absolute Gasteiger partial charge is 0.497 e. The predicted octanol–water partition coefficient (Wildman–Crippen LogP) is 3.41. The highest BCUT2D eigenvalue weighted by molar-refractivity contribution is 5.69. The van der Waals surface area contributed by atoms with Crippen molar-refractivity contribution >= 4 is 0 Å². The Morgan fingerprint density at radius 3 is 2.37 bits per heavy atom. The van der Waals surface area contributed by atoms with E-state index in [1.165, 1.54) is 6.92 Å². The molecule has 19 heavy (non-hydrogen) atoms. The summed E-state index contributed by atoms with van der Waals surface area (Å²) in [5, 5.41) is 0. The molecule has 2 N–H and O–H groups in total. The van der Waals surface area contributed by atoms with Crippen LogP contribution in [-0.2, 0) is 6.54 Å². The molecule has 0 saturated carbocycles. The van der Waals surface area contributed by atoms with Crippen LogP contribution in [0.25, 0.3) is 11.1 Å². The highest BCUT2D eigenvalue weighted by Crippen LogP contribution is 2.31. The highest BCUT2D eigenvalue weighted by Gasteiger charge is 2.15. The molecule has 0 atom stereocenters. The molecule has 2 nitrogen and oxygen atoms in total. The highest BCUT2D eigenvalue weighted by atomic mass is 19.2. The molecule has 0 amide bonds. The normalized spacial score (nSPS) is 10.6. The van der Waals surface area contributed by atoms with Gasteiger partial charge < -0.3 is 10.5 Å². The maximum atomic E-state index is 14.0. The average Bonchev–Trinajstić information content (AvgIpc) is 2.44. The average molecular weight is 263 g/mol. The summed E-state index contributed by atoms with van der Waals surface area (Å²) in [6.45, 7) is 1.75. The molecule has 0 aromatic heterocycles. The zero-order valence-corrected chi connectivity index (χ0v) is 10.8. The molecule has 0 aliphatic heterocycles. The Balaban J connectivity index is 2.62. The summed E-state index contributed by atoms with van der Waals surface area (Å²) in [6.07, 6.45) is 0. The van der Waals surface area contributed by atoms with E-state index in [1.807, 2.05) is 0 Å². The zero-order chi connectivity index (χ0) is 14.0. The molecule has 0 heterocycles. The Morgan fingerprint density at radius 1 is 1.05 bits per heavy atom. The quantitative estimate of drug-likeness (QED) is 0.921. The summed E-state index contributed by atoms with van der Waals surface area (Å²) < 4.78 is 32.7. The summed E-state index contributed by atoms with van der Waals surface area (Å²) in [7, 11) is 1.54. The van der Waals surface area contributed by atoms with Gasteiger partial charge in [-0.05, 0) is 35.7 Å². The minimum atomic E-state index is -0.847. The lowest BCUT2D eigenvalue weighted by atomic mass is 9.97. The molecule has 0 bridgehead atoms. The van der Waals surface area contributed by atoms with E-state index < -0.39 is 11.6 Å². The Labute approximate surface area is 110 Å². The van der Waals surface area contributed by atoms with Crippen molar-refractivity contribution in [2.24, 2.45) is 5.73 Å². The molecule has 0 saturated heterocycles. The van der Waals surface area contributed by atoms with E-state index >= 15 is 0 Å². The number of aryl methyl sites for hydroxylation is 1. The van der Waals surface area contributed by atoms with Crippen LogP contribution in [0.4, 0.5) is 8.78 Å². The molecule has 0 unspecified atom stereocenters. The zero-order valence-electron chi connectivity index (χ0n) is 10.8. The summed E-state index contributed by atoms with van der Waals surface area (Å²) in [5.41, 5.74) is 7.45. The van der Waals surface area contributed by atoms with Crippen LogP contribution in [0.5, 0.6) is 5.75 Å². The summed E-state index contributed by atoms with van der Waals surface area (Å²) in [6, 6.07) is 8.24. The standard InChI is InChI=1S/C15H15F2NO/c1-9-3-5-13(15(17)14(9)16)12-6-4-11(19-2)7-10(12)8-18/h3-7H,8,18H2,1-2H3. The van der Waals surface area contributed by atoms with Gasteiger partial charge in [0.2, 0.25) is 0 Å². The fourth-order valence-corrected chi connectivity index (χ4v) is 1.98. The number of hydrogen-bond donors (Lipinski definition) is 1. The molecule has 4 heteroatoms. The minimum Gasteiger partial charge on any atom is -0.497 e. The van der Waals surface area contributed by atoms with Crippen LogP contribution in [-0.4, -0.2) is 7.11 Å². The molecule has 100 valence electrons. The van der Waals surface area contributed by atoms with Gasteiger partial charge in [0.15, 0.2) is 11.6 Å². The van der Waals surface area contributed by atoms with Gasteiger partial charge in [0.05, 0.1) is 7.11 Å². The monoisotopic (exact) mass is 263 g/mol. The lowest BCUT2D eigenvalue weighted by molar-refractivity contribution is 0.414. The van der Waals surface area contributed by atoms with Gasteiger partial charge in [0.1, 0.15) is 5.75 Å². The summed E-state index contributed by atoms with van der Waals surface area (Å²) in [4.78, 5) is 0. The van der Waals surface area contributed by atoms with Crippen molar-refractivity contribution in [1.82, 2.24) is 0 Å². The second-order valence-electron chi connectivity index (χ2n) is 4.29. The maximum absolute atomic E-state index is 14.0. The van der Waals surface area contributed by atoms with E-state index in [9.17, 15) is 8.78 Å². The maximum Gasteiger partial charge on any atom is 0.166 e. The third kappa shape index (κ3) is 2.44. The van der Waals surface area contributed by atoms with Crippen molar-refractivity contribution in [1.29, 1.82) is 0 Å². The van der Waals surface area contributed by atoms with Gasteiger partial charge in [0.25, 0.3) is 0 Å². The first-order valence-corrected chi connectivity index (χ1v) is 5.90. The number of hydrogen-bond acceptors (Lipinski definition) is 2. The molecule has 0 spiro atoms. The van der Waals surface area contributed by atoms with Crippen LogP contribution < -0.4 is 10.5 Å². The molecule has 2 aromatic rings. The molecule has 2 aromatic carbocycles. The van der Waals surface area contributed by atoms with E-state index in [-0.39, 0.29) is 17.7 Å². The second kappa shape index (κ2) is 5.36. The Morgan fingerprint density at radius 2 is 1.74 bits per heavy atom. The second-order valence-corrected chi connectivity index (χ2v) is 4.29. The van der Waals surface area contributed by atoms with Gasteiger partial charge in [-0.2, -0.15) is 0 Å². The Kier molecular flexibility index (Phi) is 3.81. The van der Waals surface area contributed by atoms with Crippen LogP contribution >= 0.6 is 0 Å². The number of benzene rings is 2. The fraction of sp³-hybridized carbons (Fsp3) is 0.200. The number of nitrogens with two attached hydrogens (primary N) is 1. The molecule has 2 rings (SSSR count). The lowest BCUT2D eigenvalue weighted by Gasteiger charge is -2.12. The van der Waals surface area contributed by atoms with Crippen molar-refractivity contribution in [3.05, 3.63) is 53.1 Å². The first-order valence-electron chi connectivity index (χ1n) is 5.90. The van der Waals surface area contributed by atoms with E-state index in [4.69, 9.17) is 10.5 Å². The van der Waals surface area contributed by atoms with E-state index in [2.05, 4.69) is 0 Å².